The van der Waals surface area contributed by atoms with Crippen LogP contribution >= 0.6 is 0 Å². The van der Waals surface area contributed by atoms with E-state index >= 15 is 0 Å². The van der Waals surface area contributed by atoms with Gasteiger partial charge >= 0.3 is 47.7 Å². The Morgan fingerprint density at radius 3 is 1.17 bits per heavy atom. The molecule has 0 aliphatic heterocycles. The maximum Gasteiger partial charge on any atom is 0.408 e. The van der Waals surface area contributed by atoms with Gasteiger partial charge in [0.1, 0.15) is 49.7 Å². The molecule has 0 spiro atoms. The van der Waals surface area contributed by atoms with Crippen LogP contribution < -0.4 is 49.1 Å². The molecular formula is C92H100N14O15. The van der Waals surface area contributed by atoms with Crippen molar-refractivity contribution in [3.8, 4) is 5.69 Å². The van der Waals surface area contributed by atoms with Crippen LogP contribution in [0.3, 0.4) is 0 Å². The monoisotopic (exact) mass is 1640 g/mol. The SMILES string of the molecule is CC(C)(C)OC(=O)[C@@H](Cc1ccc(Nc2ncccc2N)cc1)NC(=O)OCc1ccccc1.CC(C)(C)OC(=O)[C@@H](Cc1ccc(Nc2ncccc2[N+](=O)[O-])cc1)NC(=O)OCc1ccccc1.C[C@H](Cc1ccc(-n2c(=O)[nH]c3cccnc32)cc1)NC(=O)OCc1ccccc1.C[C@H](Cc1ccc(N)cc1)NC(=O)OCc1ccccc1. The number of nitrogen functional groups attached to an aromatic ring is 2. The minimum Gasteiger partial charge on any atom is -0.458 e. The normalized spacial score (nSPS) is 11.8. The van der Waals surface area contributed by atoms with Crippen molar-refractivity contribution in [1.82, 2.24) is 45.8 Å². The molecule has 4 heterocycles. The summed E-state index contributed by atoms with van der Waals surface area (Å²) in [7, 11) is 0. The Hall–Kier alpha value is -14.9. The molecule has 8 aromatic carbocycles. The Kier molecular flexibility index (Phi) is 33.5. The van der Waals surface area contributed by atoms with Crippen LogP contribution in [0.4, 0.5) is 59.3 Å². The van der Waals surface area contributed by atoms with Crippen LogP contribution in [-0.2, 0) is 90.1 Å². The lowest BCUT2D eigenvalue weighted by Crippen LogP contribution is -2.45. The third-order valence-corrected chi connectivity index (χ3v) is 17.4. The van der Waals surface area contributed by atoms with E-state index in [9.17, 15) is 43.7 Å². The third kappa shape index (κ3) is 31.6. The lowest BCUT2D eigenvalue weighted by molar-refractivity contribution is -0.384. The fourth-order valence-corrected chi connectivity index (χ4v) is 11.7. The van der Waals surface area contributed by atoms with Crippen LogP contribution in [0.2, 0.25) is 0 Å². The van der Waals surface area contributed by atoms with Crippen LogP contribution in [0, 0.1) is 10.1 Å². The number of nitrogens with one attached hydrogen (secondary N) is 7. The Balaban J connectivity index is 0.000000186. The summed E-state index contributed by atoms with van der Waals surface area (Å²) in [5.41, 5.74) is 21.7. The molecular weight excluding hydrogens is 1540 g/mol. The maximum absolute atomic E-state index is 12.8. The first-order valence-electron chi connectivity index (χ1n) is 38.9. The molecule has 12 rings (SSSR count). The Morgan fingerprint density at radius 1 is 0.421 bits per heavy atom. The number of nitrogens with two attached hydrogens (primary N) is 2. The van der Waals surface area contributed by atoms with Gasteiger partial charge in [0.25, 0.3) is 0 Å². The summed E-state index contributed by atoms with van der Waals surface area (Å²) in [6.07, 6.45) is 4.26. The van der Waals surface area contributed by atoms with Gasteiger partial charge in [-0.1, -0.05) is 170 Å². The van der Waals surface area contributed by atoms with Gasteiger partial charge in [0.2, 0.25) is 5.82 Å². The Labute approximate surface area is 701 Å². The number of amides is 4. The molecule has 4 amide bonds. The Bertz CT molecular complexity index is 5370. The fraction of sp³-hybridized carbons (Fsp3) is 0.239. The van der Waals surface area contributed by atoms with Crippen LogP contribution in [-0.4, -0.2) is 101 Å². The topological polar surface area (TPSA) is 402 Å². The highest BCUT2D eigenvalue weighted by Crippen LogP contribution is 2.27. The zero-order chi connectivity index (χ0) is 86.7. The van der Waals surface area contributed by atoms with E-state index in [-0.39, 0.29) is 68.5 Å². The molecule has 628 valence electrons. The number of nitrogens with zero attached hydrogens (tertiary/aromatic N) is 5. The molecule has 0 saturated carbocycles. The molecule has 0 fully saturated rings. The molecule has 0 aliphatic rings. The van der Waals surface area contributed by atoms with E-state index in [0.29, 0.717) is 34.8 Å². The summed E-state index contributed by atoms with van der Waals surface area (Å²) in [5.74, 6) is -0.451. The fourth-order valence-electron chi connectivity index (χ4n) is 11.7. The Morgan fingerprint density at radius 2 is 0.769 bits per heavy atom. The zero-order valence-corrected chi connectivity index (χ0v) is 68.5. The van der Waals surface area contributed by atoms with E-state index in [0.717, 1.165) is 68.0 Å². The summed E-state index contributed by atoms with van der Waals surface area (Å²) in [6, 6.07) is 75.2. The number of anilines is 6. The number of nitro groups is 1. The number of carbonyl (C=O) groups is 6. The second kappa shape index (κ2) is 45.0. The van der Waals surface area contributed by atoms with Crippen molar-refractivity contribution in [2.75, 3.05) is 22.1 Å². The molecule has 4 aromatic heterocycles. The molecule has 121 heavy (non-hydrogen) atoms. The highest BCUT2D eigenvalue weighted by atomic mass is 16.6. The van der Waals surface area contributed by atoms with Crippen LogP contribution in [0.25, 0.3) is 16.9 Å². The van der Waals surface area contributed by atoms with Gasteiger partial charge in [-0.25, -0.2) is 53.1 Å². The summed E-state index contributed by atoms with van der Waals surface area (Å²) >= 11 is 0. The van der Waals surface area contributed by atoms with E-state index in [1.807, 2.05) is 214 Å². The average molecular weight is 1640 g/mol. The first kappa shape index (κ1) is 90.0. The van der Waals surface area contributed by atoms with Gasteiger partial charge in [-0.3, -0.25) is 10.1 Å². The van der Waals surface area contributed by atoms with Crippen molar-refractivity contribution < 1.29 is 62.1 Å². The second-order valence-corrected chi connectivity index (χ2v) is 29.9. The van der Waals surface area contributed by atoms with Crippen LogP contribution in [0.1, 0.15) is 99.9 Å². The quantitative estimate of drug-likeness (QED) is 0.00723. The average Bonchev–Trinajstić information content (AvgIpc) is 1.62. The number of fused-ring (bicyclic) bond motifs is 1. The van der Waals surface area contributed by atoms with Crippen molar-refractivity contribution in [2.24, 2.45) is 0 Å². The first-order chi connectivity index (χ1) is 58.0. The largest absolute Gasteiger partial charge is 0.458 e. The molecule has 0 bridgehead atoms. The molecule has 12 aromatic rings. The van der Waals surface area contributed by atoms with Gasteiger partial charge in [0, 0.05) is 66.6 Å². The van der Waals surface area contributed by atoms with Gasteiger partial charge in [-0.05, 0) is 192 Å². The van der Waals surface area contributed by atoms with Crippen molar-refractivity contribution in [3.05, 3.63) is 338 Å². The minimum atomic E-state index is -0.983. The minimum absolute atomic E-state index is 0.00287. The van der Waals surface area contributed by atoms with E-state index in [1.54, 1.807) is 101 Å². The number of benzene rings is 8. The third-order valence-electron chi connectivity index (χ3n) is 17.4. The molecule has 0 radical (unpaired) electrons. The van der Waals surface area contributed by atoms with Gasteiger partial charge < -0.3 is 76.8 Å². The lowest BCUT2D eigenvalue weighted by atomic mass is 10.0. The predicted molar refractivity (Wildman–Crippen MR) is 464 cm³/mol. The smallest absolute Gasteiger partial charge is 0.408 e. The highest BCUT2D eigenvalue weighted by Gasteiger charge is 2.30. The van der Waals surface area contributed by atoms with E-state index < -0.39 is 64.5 Å². The molecule has 11 N–H and O–H groups in total. The zero-order valence-electron chi connectivity index (χ0n) is 68.5. The van der Waals surface area contributed by atoms with Crippen molar-refractivity contribution in [1.29, 1.82) is 0 Å². The number of H-pyrrole nitrogens is 1. The number of pyridine rings is 3. The van der Waals surface area contributed by atoms with Crippen molar-refractivity contribution in [2.45, 2.75) is 143 Å². The second-order valence-electron chi connectivity index (χ2n) is 29.9. The van der Waals surface area contributed by atoms with E-state index in [2.05, 4.69) is 51.8 Å². The standard InChI is InChI=1S/C26H28N4O6.C26H30N4O4.C23H22N4O3.C17H20N2O2/c1-26(2,3)36-24(31)21(29-25(32)35-17-19-8-5-4-6-9-19)16-18-11-13-20(14-12-18)28-23-22(30(33)34)10-7-15-27-23;1-26(2,3)34-24(31)22(30-25(32)33-17-19-8-5-4-6-9-19)16-18-11-13-20(14-12-18)29-23-21(27)10-7-15-28-23;1-16(25-23(29)30-15-18-6-3-2-4-7-18)14-17-9-11-19(12-10-17)27-21-20(26-22(27)28)8-5-13-24-21;1-13(11-14-7-9-16(18)10-8-14)19-17(20)21-12-15-5-3-2-4-6-15/h4-15,21H,16-17H2,1-3H3,(H,27,28)(H,29,32);4-15,22H,16-17,27H2,1-3H3,(H,28,29)(H,30,32);2-13,16H,14-15H2,1H3,(H,25,29)(H,26,28);2-10,13H,11-12,18H2,1H3,(H,19,20)/t21-;22-;16-;13-/m1111/s1. The number of aromatic amines is 1. The van der Waals surface area contributed by atoms with Crippen LogP contribution in [0.15, 0.2) is 278 Å². The summed E-state index contributed by atoms with van der Waals surface area (Å²) in [5, 5.41) is 28.2. The van der Waals surface area contributed by atoms with E-state index in [1.165, 1.54) is 18.3 Å². The lowest BCUT2D eigenvalue weighted by Gasteiger charge is -2.24. The summed E-state index contributed by atoms with van der Waals surface area (Å²) in [4.78, 5) is 112. The molecule has 29 nitrogen and oxygen atoms in total. The van der Waals surface area contributed by atoms with Crippen molar-refractivity contribution in [3.63, 3.8) is 0 Å². The van der Waals surface area contributed by atoms with Crippen molar-refractivity contribution >= 4 is 87.5 Å². The number of carbonyl (C=O) groups excluding carboxylic acids is 6. The van der Waals surface area contributed by atoms with Crippen LogP contribution in [0.5, 0.6) is 0 Å². The maximum atomic E-state index is 12.8. The van der Waals surface area contributed by atoms with E-state index in [4.69, 9.17) is 39.9 Å². The number of hydrogen-bond donors (Lipinski definition) is 9. The number of esters is 2. The van der Waals surface area contributed by atoms with Gasteiger partial charge in [-0.15, -0.1) is 0 Å². The molecule has 4 atom stereocenters. The molecule has 0 saturated heterocycles. The predicted octanol–water partition coefficient (Wildman–Crippen LogP) is 16.2. The molecule has 29 heteroatoms. The number of hydrogen-bond acceptors (Lipinski definition) is 22. The number of aromatic nitrogens is 5. The summed E-state index contributed by atoms with van der Waals surface area (Å²) in [6.45, 7) is 15.1. The van der Waals surface area contributed by atoms with Gasteiger partial charge in [-0.2, -0.15) is 0 Å². The number of rotatable bonds is 28. The molecule has 0 aliphatic carbocycles. The molecule has 0 unspecified atom stereocenters. The first-order valence-corrected chi connectivity index (χ1v) is 38.9. The summed E-state index contributed by atoms with van der Waals surface area (Å²) < 4.78 is 33.5. The number of imidazole rings is 1. The van der Waals surface area contributed by atoms with Gasteiger partial charge in [0.15, 0.2) is 11.5 Å². The number of alkyl carbamates (subject to hydrolysis) is 4. The van der Waals surface area contributed by atoms with Gasteiger partial charge in [0.05, 0.1) is 21.8 Å². The number of ether oxygens (including phenoxy) is 6. The highest BCUT2D eigenvalue weighted by molar-refractivity contribution is 5.83.